The molecular weight excluding hydrogens is 438 g/mol. The minimum Gasteiger partial charge on any atom is -0.444 e. The zero-order valence-corrected chi connectivity index (χ0v) is 21.4. The second-order valence-electron chi connectivity index (χ2n) is 10.7. The summed E-state index contributed by atoms with van der Waals surface area (Å²) >= 11 is 0. The molecule has 2 aliphatic rings. The van der Waals surface area contributed by atoms with E-state index < -0.39 is 5.60 Å². The lowest BCUT2D eigenvalue weighted by Crippen LogP contribution is -2.50. The summed E-state index contributed by atoms with van der Waals surface area (Å²) in [7, 11) is 0. The van der Waals surface area contributed by atoms with Crippen molar-refractivity contribution in [1.29, 1.82) is 0 Å². The third kappa shape index (κ3) is 5.15. The van der Waals surface area contributed by atoms with E-state index in [2.05, 4.69) is 64.4 Å². The van der Waals surface area contributed by atoms with Crippen molar-refractivity contribution in [3.8, 4) is 11.1 Å². The molecule has 0 N–H and O–H groups in total. The topological polar surface area (TPSA) is 53.3 Å². The quantitative estimate of drug-likeness (QED) is 0.539. The van der Waals surface area contributed by atoms with Crippen LogP contribution in [0.2, 0.25) is 0 Å². The number of aromatic nitrogens is 2. The molecular formula is C28H37N5O2. The molecule has 0 saturated carbocycles. The lowest BCUT2D eigenvalue weighted by molar-refractivity contribution is 0.0240. The monoisotopic (exact) mass is 475 g/mol. The van der Waals surface area contributed by atoms with E-state index in [0.29, 0.717) is 19.0 Å². The Hall–Kier alpha value is -3.06. The van der Waals surface area contributed by atoms with Gasteiger partial charge < -0.3 is 19.4 Å². The normalized spacial score (nSPS) is 19.5. The molecule has 2 aliphatic heterocycles. The Labute approximate surface area is 208 Å². The van der Waals surface area contributed by atoms with Gasteiger partial charge in [0.1, 0.15) is 5.60 Å². The Balaban J connectivity index is 1.30. The van der Waals surface area contributed by atoms with E-state index in [-0.39, 0.29) is 6.09 Å². The molecule has 7 heteroatoms. The molecule has 5 rings (SSSR count). The molecule has 2 fully saturated rings. The highest BCUT2D eigenvalue weighted by molar-refractivity contribution is 5.80. The molecule has 1 amide bonds. The minimum absolute atomic E-state index is 0.231. The number of piperazine rings is 1. The number of benzene rings is 1. The molecule has 0 aliphatic carbocycles. The fourth-order valence-corrected chi connectivity index (χ4v) is 5.22. The first-order valence-electron chi connectivity index (χ1n) is 12.8. The third-order valence-electron chi connectivity index (χ3n) is 7.19. The maximum Gasteiger partial charge on any atom is 0.410 e. The number of anilines is 1. The van der Waals surface area contributed by atoms with Crippen molar-refractivity contribution >= 4 is 17.3 Å². The zero-order chi connectivity index (χ0) is 24.6. The summed E-state index contributed by atoms with van der Waals surface area (Å²) in [6.45, 7) is 14.3. The molecule has 1 unspecified atom stereocenters. The first-order chi connectivity index (χ1) is 16.8. The molecule has 3 aromatic rings. The largest absolute Gasteiger partial charge is 0.444 e. The summed E-state index contributed by atoms with van der Waals surface area (Å²) in [6.07, 6.45) is 4.98. The average Bonchev–Trinajstić information content (AvgIpc) is 3.50. The van der Waals surface area contributed by atoms with Gasteiger partial charge in [0.25, 0.3) is 0 Å². The molecule has 4 heterocycles. The number of amides is 1. The van der Waals surface area contributed by atoms with Crippen LogP contribution < -0.4 is 4.90 Å². The van der Waals surface area contributed by atoms with Crippen molar-refractivity contribution in [3.05, 3.63) is 54.4 Å². The lowest BCUT2D eigenvalue weighted by atomic mass is 9.96. The molecule has 35 heavy (non-hydrogen) atoms. The number of ether oxygens (including phenoxy) is 1. The first-order valence-corrected chi connectivity index (χ1v) is 12.8. The number of hydrogen-bond acceptors (Lipinski definition) is 5. The van der Waals surface area contributed by atoms with Crippen LogP contribution in [0.4, 0.5) is 10.5 Å². The summed E-state index contributed by atoms with van der Waals surface area (Å²) in [6, 6.07) is 13.4. The summed E-state index contributed by atoms with van der Waals surface area (Å²) in [4.78, 5) is 19.1. The van der Waals surface area contributed by atoms with Crippen LogP contribution in [0.5, 0.6) is 0 Å². The van der Waals surface area contributed by atoms with Gasteiger partial charge in [-0.3, -0.25) is 0 Å². The standard InChI is InChI=1S/C28H37N5O2/c1-5-30-13-11-23(19-30)21-6-8-22(9-7-21)24-18-26-25(10-12-29-33(26)20-24)31-14-16-32(17-15-31)27(34)35-28(2,3)4/h6-10,12,18,20,23H,5,11,13-17,19H2,1-4H3. The Morgan fingerprint density at radius 1 is 1.03 bits per heavy atom. The number of fused-ring (bicyclic) bond motifs is 1. The van der Waals surface area contributed by atoms with Crippen LogP contribution in [-0.2, 0) is 4.74 Å². The van der Waals surface area contributed by atoms with Gasteiger partial charge in [-0.15, -0.1) is 0 Å². The Morgan fingerprint density at radius 2 is 1.77 bits per heavy atom. The molecule has 7 nitrogen and oxygen atoms in total. The summed E-state index contributed by atoms with van der Waals surface area (Å²) in [5, 5.41) is 4.56. The number of nitrogens with zero attached hydrogens (tertiary/aromatic N) is 5. The third-order valence-corrected chi connectivity index (χ3v) is 7.19. The van der Waals surface area contributed by atoms with E-state index in [1.165, 1.54) is 36.2 Å². The summed E-state index contributed by atoms with van der Waals surface area (Å²) in [5.74, 6) is 0.643. The van der Waals surface area contributed by atoms with Crippen molar-refractivity contribution in [1.82, 2.24) is 19.4 Å². The molecule has 0 radical (unpaired) electrons. The predicted octanol–water partition coefficient (Wildman–Crippen LogP) is 4.87. The van der Waals surface area contributed by atoms with Crippen molar-refractivity contribution in [2.45, 2.75) is 45.6 Å². The SMILES string of the molecule is CCN1CCC(c2ccc(-c3cc4c(N5CCN(C(=O)OC(C)(C)C)CC5)ccnn4c3)cc2)C1. The van der Waals surface area contributed by atoms with E-state index in [4.69, 9.17) is 4.74 Å². The van der Waals surface area contributed by atoms with Crippen molar-refractivity contribution in [3.63, 3.8) is 0 Å². The Kier molecular flexibility index (Phi) is 6.45. The fourth-order valence-electron chi connectivity index (χ4n) is 5.22. The maximum absolute atomic E-state index is 12.4. The van der Waals surface area contributed by atoms with E-state index in [1.807, 2.05) is 31.5 Å². The highest BCUT2D eigenvalue weighted by Crippen LogP contribution is 2.32. The number of rotatable bonds is 4. The maximum atomic E-state index is 12.4. The van der Waals surface area contributed by atoms with Gasteiger partial charge in [-0.1, -0.05) is 31.2 Å². The fraction of sp³-hybridized carbons (Fsp3) is 0.500. The number of likely N-dealkylation sites (N-methyl/N-ethyl adjacent to an activating group) is 1. The Bertz CT molecular complexity index is 1170. The van der Waals surface area contributed by atoms with Gasteiger partial charge in [0.05, 0.1) is 11.2 Å². The van der Waals surface area contributed by atoms with Crippen LogP contribution in [0.15, 0.2) is 48.8 Å². The number of likely N-dealkylation sites (tertiary alicyclic amines) is 1. The molecule has 2 saturated heterocycles. The van der Waals surface area contributed by atoms with Gasteiger partial charge in [0.15, 0.2) is 0 Å². The van der Waals surface area contributed by atoms with Gasteiger partial charge in [-0.05, 0) is 69.5 Å². The van der Waals surface area contributed by atoms with Gasteiger partial charge >= 0.3 is 6.09 Å². The van der Waals surface area contributed by atoms with Gasteiger partial charge in [-0.2, -0.15) is 5.10 Å². The molecule has 0 spiro atoms. The van der Waals surface area contributed by atoms with Crippen LogP contribution in [0.3, 0.4) is 0 Å². The average molecular weight is 476 g/mol. The number of hydrogen-bond donors (Lipinski definition) is 0. The van der Waals surface area contributed by atoms with Crippen LogP contribution in [0, 0.1) is 0 Å². The summed E-state index contributed by atoms with van der Waals surface area (Å²) in [5.41, 5.74) is 5.59. The molecule has 186 valence electrons. The van der Waals surface area contributed by atoms with E-state index in [0.717, 1.165) is 30.8 Å². The van der Waals surface area contributed by atoms with E-state index >= 15 is 0 Å². The van der Waals surface area contributed by atoms with Crippen molar-refractivity contribution in [2.75, 3.05) is 50.7 Å². The highest BCUT2D eigenvalue weighted by atomic mass is 16.6. The van der Waals surface area contributed by atoms with Crippen LogP contribution in [0.1, 0.15) is 45.6 Å². The Morgan fingerprint density at radius 3 is 2.43 bits per heavy atom. The zero-order valence-electron chi connectivity index (χ0n) is 21.4. The predicted molar refractivity (Wildman–Crippen MR) is 140 cm³/mol. The molecule has 1 atom stereocenters. The van der Waals surface area contributed by atoms with Crippen LogP contribution in [-0.4, -0.2) is 76.9 Å². The smallest absolute Gasteiger partial charge is 0.410 e. The summed E-state index contributed by atoms with van der Waals surface area (Å²) < 4.78 is 7.51. The van der Waals surface area contributed by atoms with Crippen molar-refractivity contribution in [2.24, 2.45) is 0 Å². The van der Waals surface area contributed by atoms with Crippen LogP contribution in [0.25, 0.3) is 16.6 Å². The lowest BCUT2D eigenvalue weighted by Gasteiger charge is -2.36. The van der Waals surface area contributed by atoms with Crippen LogP contribution >= 0.6 is 0 Å². The second kappa shape index (κ2) is 9.53. The molecule has 1 aromatic carbocycles. The minimum atomic E-state index is -0.473. The first kappa shape index (κ1) is 23.7. The van der Waals surface area contributed by atoms with Crippen molar-refractivity contribution < 1.29 is 9.53 Å². The van der Waals surface area contributed by atoms with Gasteiger partial charge in [-0.25, -0.2) is 9.31 Å². The molecule has 2 aromatic heterocycles. The van der Waals surface area contributed by atoms with Gasteiger partial charge in [0.2, 0.25) is 0 Å². The van der Waals surface area contributed by atoms with Gasteiger partial charge in [0, 0.05) is 50.7 Å². The second-order valence-corrected chi connectivity index (χ2v) is 10.7. The van der Waals surface area contributed by atoms with E-state index in [9.17, 15) is 4.79 Å². The highest BCUT2D eigenvalue weighted by Gasteiger charge is 2.27. The van der Waals surface area contributed by atoms with E-state index in [1.54, 1.807) is 4.90 Å². The molecule has 0 bridgehead atoms. The number of carbonyl (C=O) groups is 1. The number of carbonyl (C=O) groups excluding carboxylic acids is 1.